The zero-order valence-electron chi connectivity index (χ0n) is 9.79. The number of ether oxygens (including phenoxy) is 2. The molecular weight excluding hydrogens is 326 g/mol. The number of halogens is 3. The number of hydrogen-bond acceptors (Lipinski definition) is 3. The van der Waals surface area contributed by atoms with Crippen LogP contribution in [0.1, 0.15) is 11.1 Å². The summed E-state index contributed by atoms with van der Waals surface area (Å²) in [5, 5.41) is 8.38. The lowest BCUT2D eigenvalue weighted by molar-refractivity contribution is -0.147. The van der Waals surface area contributed by atoms with Crippen molar-refractivity contribution in [1.82, 2.24) is 0 Å². The van der Waals surface area contributed by atoms with Crippen molar-refractivity contribution in [2.75, 3.05) is 19.8 Å². The predicted molar refractivity (Wildman–Crippen MR) is 65.7 cm³/mol. The molecule has 1 heterocycles. The van der Waals surface area contributed by atoms with Crippen LogP contribution in [-0.4, -0.2) is 30.9 Å². The number of hydrogen-bond donors (Lipinski definition) is 1. The Balaban J connectivity index is 2.22. The molecule has 1 aromatic carbocycles. The number of carboxylic acid groups (broad SMARTS) is 1. The molecule has 19 heavy (non-hydrogen) atoms. The minimum Gasteiger partial charge on any atom is -0.492 e. The van der Waals surface area contributed by atoms with Crippen molar-refractivity contribution in [3.63, 3.8) is 0 Å². The van der Waals surface area contributed by atoms with E-state index in [4.69, 9.17) is 9.84 Å². The third kappa shape index (κ3) is 3.22. The molecule has 0 saturated carbocycles. The van der Waals surface area contributed by atoms with Gasteiger partial charge in [0.2, 0.25) is 0 Å². The Morgan fingerprint density at radius 1 is 1.53 bits per heavy atom. The lowest BCUT2D eigenvalue weighted by Crippen LogP contribution is -2.24. The minimum atomic E-state index is -3.30. The SMILES string of the molecule is O=C(O)COCC(F)(F)c1cc(Br)cc2c1OCC2. The highest BCUT2D eigenvalue weighted by atomic mass is 79.9. The third-order valence-corrected chi connectivity index (χ3v) is 3.11. The smallest absolute Gasteiger partial charge is 0.329 e. The molecule has 0 aliphatic carbocycles. The van der Waals surface area contributed by atoms with Crippen molar-refractivity contribution in [2.24, 2.45) is 0 Å². The summed E-state index contributed by atoms with van der Waals surface area (Å²) in [4.78, 5) is 10.3. The molecule has 0 saturated heterocycles. The highest BCUT2D eigenvalue weighted by molar-refractivity contribution is 9.10. The highest BCUT2D eigenvalue weighted by Crippen LogP contribution is 2.41. The number of alkyl halides is 2. The summed E-state index contributed by atoms with van der Waals surface area (Å²) < 4.78 is 38.3. The standard InChI is InChI=1S/C12H11BrF2O4/c13-8-3-7-1-2-19-11(7)9(4-8)12(14,15)6-18-5-10(16)17/h3-4H,1-2,5-6H2,(H,16,17). The highest BCUT2D eigenvalue weighted by Gasteiger charge is 2.38. The van der Waals surface area contributed by atoms with E-state index in [1.54, 1.807) is 6.07 Å². The van der Waals surface area contributed by atoms with Crippen molar-refractivity contribution in [3.8, 4) is 5.75 Å². The molecule has 1 aliphatic heterocycles. The van der Waals surface area contributed by atoms with Crippen molar-refractivity contribution in [3.05, 3.63) is 27.7 Å². The molecule has 0 bridgehead atoms. The fourth-order valence-corrected chi connectivity index (χ4v) is 2.39. The van der Waals surface area contributed by atoms with Gasteiger partial charge < -0.3 is 14.6 Å². The number of rotatable bonds is 5. The summed E-state index contributed by atoms with van der Waals surface area (Å²) in [6, 6.07) is 3.01. The largest absolute Gasteiger partial charge is 0.492 e. The molecule has 0 atom stereocenters. The number of benzene rings is 1. The van der Waals surface area contributed by atoms with Crippen molar-refractivity contribution < 1.29 is 28.2 Å². The maximum atomic E-state index is 14.0. The molecular formula is C12H11BrF2O4. The van der Waals surface area contributed by atoms with E-state index in [0.29, 0.717) is 23.1 Å². The number of fused-ring (bicyclic) bond motifs is 1. The van der Waals surface area contributed by atoms with Crippen molar-refractivity contribution in [1.29, 1.82) is 0 Å². The van der Waals surface area contributed by atoms with Crippen LogP contribution in [0.25, 0.3) is 0 Å². The van der Waals surface area contributed by atoms with Crippen LogP contribution in [0.3, 0.4) is 0 Å². The zero-order valence-corrected chi connectivity index (χ0v) is 11.4. The van der Waals surface area contributed by atoms with E-state index in [0.717, 1.165) is 0 Å². The zero-order chi connectivity index (χ0) is 14.0. The Kier molecular flexibility index (Phi) is 4.05. The Morgan fingerprint density at radius 2 is 2.26 bits per heavy atom. The molecule has 4 nitrogen and oxygen atoms in total. The summed E-state index contributed by atoms with van der Waals surface area (Å²) in [7, 11) is 0. The van der Waals surface area contributed by atoms with Gasteiger partial charge in [-0.25, -0.2) is 4.79 Å². The van der Waals surface area contributed by atoms with E-state index < -0.39 is 25.1 Å². The second-order valence-electron chi connectivity index (χ2n) is 4.13. The van der Waals surface area contributed by atoms with Gasteiger partial charge in [0.15, 0.2) is 0 Å². The average molecular weight is 337 g/mol. The van der Waals surface area contributed by atoms with Crippen molar-refractivity contribution >= 4 is 21.9 Å². The van der Waals surface area contributed by atoms with Crippen LogP contribution >= 0.6 is 15.9 Å². The third-order valence-electron chi connectivity index (χ3n) is 2.65. The fourth-order valence-electron chi connectivity index (χ4n) is 1.89. The first kappa shape index (κ1) is 14.2. The number of carboxylic acids is 1. The number of carbonyl (C=O) groups is 1. The van der Waals surface area contributed by atoms with Gasteiger partial charge >= 0.3 is 5.97 Å². The summed E-state index contributed by atoms with van der Waals surface area (Å²) in [6.45, 7) is -1.39. The van der Waals surface area contributed by atoms with Gasteiger partial charge in [-0.3, -0.25) is 0 Å². The van der Waals surface area contributed by atoms with Crippen LogP contribution in [-0.2, 0) is 21.9 Å². The van der Waals surface area contributed by atoms with Gasteiger partial charge in [0.25, 0.3) is 5.92 Å². The molecule has 104 valence electrons. The Hall–Kier alpha value is -1.21. The molecule has 1 N–H and O–H groups in total. The van der Waals surface area contributed by atoms with Crippen molar-refractivity contribution in [2.45, 2.75) is 12.3 Å². The van der Waals surface area contributed by atoms with E-state index in [1.807, 2.05) is 0 Å². The van der Waals surface area contributed by atoms with Gasteiger partial charge in [-0.2, -0.15) is 8.78 Å². The fraction of sp³-hybridized carbons (Fsp3) is 0.417. The summed E-state index contributed by atoms with van der Waals surface area (Å²) in [5.41, 5.74) is 0.432. The molecule has 2 rings (SSSR count). The Morgan fingerprint density at radius 3 is 2.95 bits per heavy atom. The van der Waals surface area contributed by atoms with E-state index in [-0.39, 0.29) is 11.3 Å². The molecule has 0 fully saturated rings. The maximum Gasteiger partial charge on any atom is 0.329 e. The van der Waals surface area contributed by atoms with Crippen LogP contribution in [0.2, 0.25) is 0 Å². The summed E-state index contributed by atoms with van der Waals surface area (Å²) in [5.74, 6) is -4.41. The molecule has 0 aromatic heterocycles. The molecule has 0 amide bonds. The van der Waals surface area contributed by atoms with E-state index in [9.17, 15) is 13.6 Å². The van der Waals surface area contributed by atoms with E-state index in [2.05, 4.69) is 20.7 Å². The van der Waals surface area contributed by atoms with Crippen LogP contribution in [0.4, 0.5) is 8.78 Å². The van der Waals surface area contributed by atoms with E-state index in [1.165, 1.54) is 6.07 Å². The Bertz CT molecular complexity index is 505. The van der Waals surface area contributed by atoms with Crippen LogP contribution in [0.15, 0.2) is 16.6 Å². The molecule has 0 radical (unpaired) electrons. The first-order valence-corrected chi connectivity index (χ1v) is 6.32. The van der Waals surface area contributed by atoms with Crippen LogP contribution in [0, 0.1) is 0 Å². The first-order valence-electron chi connectivity index (χ1n) is 5.53. The van der Waals surface area contributed by atoms with Gasteiger partial charge in [-0.05, 0) is 17.7 Å². The van der Waals surface area contributed by atoms with E-state index >= 15 is 0 Å². The molecule has 1 aromatic rings. The summed E-state index contributed by atoms with van der Waals surface area (Å²) in [6.07, 6.45) is 0.577. The maximum absolute atomic E-state index is 14.0. The molecule has 7 heteroatoms. The summed E-state index contributed by atoms with van der Waals surface area (Å²) >= 11 is 3.18. The minimum absolute atomic E-state index is 0.173. The quantitative estimate of drug-likeness (QED) is 0.897. The van der Waals surface area contributed by atoms with Gasteiger partial charge in [-0.15, -0.1) is 0 Å². The number of aliphatic carboxylic acids is 1. The van der Waals surface area contributed by atoms with Gasteiger partial charge in [0.1, 0.15) is 19.0 Å². The second kappa shape index (κ2) is 5.42. The second-order valence-corrected chi connectivity index (χ2v) is 5.05. The van der Waals surface area contributed by atoms with Crippen LogP contribution in [0.5, 0.6) is 5.75 Å². The molecule has 0 spiro atoms. The molecule has 0 unspecified atom stereocenters. The van der Waals surface area contributed by atoms with Gasteiger partial charge in [0, 0.05) is 10.9 Å². The first-order chi connectivity index (χ1) is 8.90. The monoisotopic (exact) mass is 336 g/mol. The Labute approximate surface area is 116 Å². The lowest BCUT2D eigenvalue weighted by atomic mass is 10.0. The van der Waals surface area contributed by atoms with Gasteiger partial charge in [0.05, 0.1) is 12.2 Å². The predicted octanol–water partition coefficient (Wildman–Crippen LogP) is 2.58. The topological polar surface area (TPSA) is 55.8 Å². The average Bonchev–Trinajstić information content (AvgIpc) is 2.74. The normalized spacial score (nSPS) is 14.1. The molecule has 1 aliphatic rings. The van der Waals surface area contributed by atoms with Crippen LogP contribution < -0.4 is 4.74 Å². The lowest BCUT2D eigenvalue weighted by Gasteiger charge is -2.19. The van der Waals surface area contributed by atoms with Gasteiger partial charge in [-0.1, -0.05) is 15.9 Å².